The second kappa shape index (κ2) is 6.54. The Bertz CT molecular complexity index is 629. The van der Waals surface area contributed by atoms with Crippen LogP contribution in [0.4, 0.5) is 26.3 Å². The minimum Gasteiger partial charge on any atom is -0.478 e. The first kappa shape index (κ1) is 19.5. The van der Waals surface area contributed by atoms with Gasteiger partial charge in [0.1, 0.15) is 0 Å². The largest absolute Gasteiger partial charge is 0.478 e. The topological polar surface area (TPSA) is 63.6 Å². The summed E-state index contributed by atoms with van der Waals surface area (Å²) in [6.45, 7) is 0.427. The van der Waals surface area contributed by atoms with Crippen molar-refractivity contribution in [2.24, 2.45) is 0 Å². The van der Waals surface area contributed by atoms with Gasteiger partial charge in [-0.1, -0.05) is 24.3 Å². The number of benzene rings is 1. The van der Waals surface area contributed by atoms with Gasteiger partial charge in [-0.2, -0.15) is 26.3 Å². The van der Waals surface area contributed by atoms with Crippen molar-refractivity contribution in [2.45, 2.75) is 24.9 Å². The zero-order valence-electron chi connectivity index (χ0n) is 11.9. The van der Waals surface area contributed by atoms with Crippen LogP contribution in [0.25, 0.3) is 6.08 Å². The van der Waals surface area contributed by atoms with Gasteiger partial charge in [0.25, 0.3) is 0 Å². The lowest BCUT2D eigenvalue weighted by Gasteiger charge is -2.36. The second-order valence-corrected chi connectivity index (χ2v) is 4.56. The molecule has 0 aliphatic carbocycles. The van der Waals surface area contributed by atoms with Gasteiger partial charge in [-0.05, 0) is 11.6 Å². The minimum atomic E-state index is -5.96. The van der Waals surface area contributed by atoms with E-state index >= 15 is 0 Å². The Morgan fingerprint density at radius 3 is 1.79 bits per heavy atom. The second-order valence-electron chi connectivity index (χ2n) is 4.56. The van der Waals surface area contributed by atoms with Gasteiger partial charge in [0.15, 0.2) is 0 Å². The van der Waals surface area contributed by atoms with Crippen LogP contribution in [0.15, 0.2) is 30.3 Å². The summed E-state index contributed by atoms with van der Waals surface area (Å²) < 4.78 is 82.8. The highest BCUT2D eigenvalue weighted by molar-refractivity contribution is 5.85. The van der Waals surface area contributed by atoms with Crippen LogP contribution in [0.3, 0.4) is 0 Å². The zero-order chi connectivity index (χ0) is 18.8. The average molecular weight is 356 g/mol. The fourth-order valence-electron chi connectivity index (χ4n) is 1.87. The van der Waals surface area contributed by atoms with Gasteiger partial charge in [0.2, 0.25) is 0 Å². The van der Waals surface area contributed by atoms with Crippen LogP contribution in [0.1, 0.15) is 18.1 Å². The number of carbonyl (C=O) groups is 2. The van der Waals surface area contributed by atoms with Gasteiger partial charge in [-0.3, -0.25) is 4.79 Å². The van der Waals surface area contributed by atoms with Crippen molar-refractivity contribution >= 4 is 18.0 Å². The summed E-state index contributed by atoms with van der Waals surface area (Å²) in [6.07, 6.45) is -10.3. The monoisotopic (exact) mass is 356 g/mol. The average Bonchev–Trinajstić information content (AvgIpc) is 2.40. The maximum atomic E-state index is 13.2. The number of esters is 1. The summed E-state index contributed by atoms with van der Waals surface area (Å²) in [6, 6.07) is 2.60. The molecule has 1 N–H and O–H groups in total. The Labute approximate surface area is 131 Å². The number of ether oxygens (including phenoxy) is 1. The van der Waals surface area contributed by atoms with E-state index in [4.69, 9.17) is 5.11 Å². The van der Waals surface area contributed by atoms with Crippen molar-refractivity contribution in [2.75, 3.05) is 0 Å². The number of alkyl halides is 6. The molecule has 0 spiro atoms. The third-order valence-corrected chi connectivity index (χ3v) is 2.83. The summed E-state index contributed by atoms with van der Waals surface area (Å²) in [5, 5.41) is 8.43. The van der Waals surface area contributed by atoms with E-state index in [1.54, 1.807) is 0 Å². The molecule has 0 aromatic heterocycles. The molecule has 0 unspecified atom stereocenters. The molecule has 0 bridgehead atoms. The Hall–Kier alpha value is -2.52. The van der Waals surface area contributed by atoms with E-state index in [0.29, 0.717) is 25.1 Å². The number of aliphatic carboxylic acids is 1. The number of carboxylic acid groups (broad SMARTS) is 1. The highest BCUT2D eigenvalue weighted by Gasteiger charge is 2.75. The molecule has 0 saturated carbocycles. The first-order valence-electron chi connectivity index (χ1n) is 6.16. The first-order chi connectivity index (χ1) is 10.8. The Kier molecular flexibility index (Phi) is 5.32. The zero-order valence-corrected chi connectivity index (χ0v) is 11.9. The molecular formula is C14H10F6O4. The predicted molar refractivity (Wildman–Crippen MR) is 68.7 cm³/mol. The molecule has 10 heteroatoms. The van der Waals surface area contributed by atoms with Gasteiger partial charge < -0.3 is 9.84 Å². The molecule has 0 fully saturated rings. The van der Waals surface area contributed by atoms with E-state index in [0.717, 1.165) is 18.2 Å². The minimum absolute atomic E-state index is 0.0437. The number of carbonyl (C=O) groups excluding carboxylic acids is 1. The molecule has 1 aromatic rings. The molecule has 0 heterocycles. The summed E-state index contributed by atoms with van der Waals surface area (Å²) in [4.78, 5) is 21.2. The Morgan fingerprint density at radius 2 is 1.46 bits per heavy atom. The first-order valence-corrected chi connectivity index (χ1v) is 6.16. The lowest BCUT2D eigenvalue weighted by Crippen LogP contribution is -2.56. The van der Waals surface area contributed by atoms with Crippen LogP contribution in [0.5, 0.6) is 0 Å². The molecule has 0 aliphatic heterocycles. The molecule has 0 amide bonds. The van der Waals surface area contributed by atoms with Crippen LogP contribution in [-0.4, -0.2) is 29.4 Å². The van der Waals surface area contributed by atoms with E-state index in [1.807, 2.05) is 0 Å². The van der Waals surface area contributed by atoms with Gasteiger partial charge in [0.05, 0.1) is 0 Å². The highest BCUT2D eigenvalue weighted by atomic mass is 19.4. The van der Waals surface area contributed by atoms with Crippen LogP contribution in [-0.2, 0) is 19.9 Å². The molecule has 0 saturated heterocycles. The van der Waals surface area contributed by atoms with Crippen molar-refractivity contribution in [3.63, 3.8) is 0 Å². The van der Waals surface area contributed by atoms with Crippen LogP contribution in [0.2, 0.25) is 0 Å². The standard InChI is InChI=1S/C14H10F6O4/c1-8(21)24-12(13(15,16)17,14(18,19)20)10-5-2-9(3-6-10)4-7-11(22)23/h2-7H,1H3,(H,22,23). The van der Waals surface area contributed by atoms with Gasteiger partial charge >= 0.3 is 29.9 Å². The lowest BCUT2D eigenvalue weighted by atomic mass is 9.91. The molecule has 1 aromatic carbocycles. The van der Waals surface area contributed by atoms with Crippen LogP contribution in [0, 0.1) is 0 Å². The summed E-state index contributed by atoms with van der Waals surface area (Å²) >= 11 is 0. The van der Waals surface area contributed by atoms with Crippen molar-refractivity contribution in [1.82, 2.24) is 0 Å². The van der Waals surface area contributed by atoms with E-state index in [1.165, 1.54) is 0 Å². The van der Waals surface area contributed by atoms with E-state index < -0.39 is 35.5 Å². The number of hydrogen-bond acceptors (Lipinski definition) is 3. The third kappa shape index (κ3) is 3.87. The van der Waals surface area contributed by atoms with Gasteiger partial charge in [-0.25, -0.2) is 4.79 Å². The van der Waals surface area contributed by atoms with Crippen molar-refractivity contribution < 1.29 is 45.8 Å². The summed E-state index contributed by atoms with van der Waals surface area (Å²) in [5.74, 6) is -3.11. The van der Waals surface area contributed by atoms with E-state index in [2.05, 4.69) is 4.74 Å². The molecule has 1 rings (SSSR count). The van der Waals surface area contributed by atoms with Gasteiger partial charge in [-0.15, -0.1) is 0 Å². The predicted octanol–water partition coefficient (Wildman–Crippen LogP) is 3.67. The van der Waals surface area contributed by atoms with Crippen molar-refractivity contribution in [3.05, 3.63) is 41.5 Å². The fourth-order valence-corrected chi connectivity index (χ4v) is 1.87. The summed E-state index contributed by atoms with van der Waals surface area (Å²) in [7, 11) is 0. The van der Waals surface area contributed by atoms with Crippen molar-refractivity contribution in [1.29, 1.82) is 0 Å². The maximum absolute atomic E-state index is 13.2. The molecule has 0 atom stereocenters. The van der Waals surface area contributed by atoms with Crippen LogP contribution >= 0.6 is 0 Å². The number of carboxylic acids is 1. The number of hydrogen-bond donors (Lipinski definition) is 1. The quantitative estimate of drug-likeness (QED) is 0.508. The smallest absolute Gasteiger partial charge is 0.442 e. The molecule has 0 aliphatic rings. The molecule has 0 radical (unpaired) electrons. The molecule has 4 nitrogen and oxygen atoms in total. The van der Waals surface area contributed by atoms with E-state index in [9.17, 15) is 35.9 Å². The highest BCUT2D eigenvalue weighted by Crippen LogP contribution is 2.53. The van der Waals surface area contributed by atoms with Crippen molar-refractivity contribution in [3.8, 4) is 0 Å². The fraction of sp³-hybridized carbons (Fsp3) is 0.286. The number of rotatable bonds is 4. The third-order valence-electron chi connectivity index (χ3n) is 2.83. The van der Waals surface area contributed by atoms with Gasteiger partial charge in [0, 0.05) is 18.6 Å². The Morgan fingerprint density at radius 1 is 1.00 bits per heavy atom. The lowest BCUT2D eigenvalue weighted by molar-refractivity contribution is -0.377. The maximum Gasteiger partial charge on any atom is 0.442 e. The van der Waals surface area contributed by atoms with E-state index in [-0.39, 0.29) is 5.56 Å². The summed E-state index contributed by atoms with van der Waals surface area (Å²) in [5.41, 5.74) is -6.13. The molecule has 24 heavy (non-hydrogen) atoms. The van der Waals surface area contributed by atoms with Crippen LogP contribution < -0.4 is 0 Å². The molecular weight excluding hydrogens is 346 g/mol. The molecule has 132 valence electrons. The SMILES string of the molecule is CC(=O)OC(c1ccc(C=CC(=O)O)cc1)(C(F)(F)F)C(F)(F)F. The number of halogens is 6. The Balaban J connectivity index is 3.50. The normalized spacial score (nSPS) is 13.1.